The fourth-order valence-electron chi connectivity index (χ4n) is 4.25. The molecule has 1 amide bonds. The van der Waals surface area contributed by atoms with Gasteiger partial charge < -0.3 is 20.5 Å². The van der Waals surface area contributed by atoms with Gasteiger partial charge in [0.05, 0.1) is 40.4 Å². The second-order valence-corrected chi connectivity index (χ2v) is 9.14. The van der Waals surface area contributed by atoms with Crippen LogP contribution in [0.4, 0.5) is 11.4 Å². The Bertz CT molecular complexity index is 1340. The molecule has 0 aromatic heterocycles. The summed E-state index contributed by atoms with van der Waals surface area (Å²) in [6.45, 7) is 0. The van der Waals surface area contributed by atoms with Gasteiger partial charge in [-0.2, -0.15) is 5.26 Å². The monoisotopic (exact) mass is 506 g/mol. The molecule has 1 atom stereocenters. The SMILES string of the molecule is COc1cc([C@@H]2C(C#N)=C(SCC(=O)Nc3ccc([N+](=O)[O-])cc3)NC3=C2C(=O)CCC3)ccc1O. The van der Waals surface area contributed by atoms with Crippen molar-refractivity contribution in [1.82, 2.24) is 5.32 Å². The summed E-state index contributed by atoms with van der Waals surface area (Å²) in [5.74, 6) is -0.929. The van der Waals surface area contributed by atoms with Crippen LogP contribution in [0, 0.1) is 21.4 Å². The average molecular weight is 507 g/mol. The molecular formula is C25H22N4O6S. The number of carbonyl (C=O) groups excluding carboxylic acids is 2. The highest BCUT2D eigenvalue weighted by Gasteiger charge is 2.37. The van der Waals surface area contributed by atoms with Crippen LogP contribution in [0.1, 0.15) is 30.7 Å². The molecule has 1 heterocycles. The number of nitrogens with zero attached hydrogens (tertiary/aromatic N) is 2. The number of benzene rings is 2. The maximum absolute atomic E-state index is 12.9. The van der Waals surface area contributed by atoms with Crippen molar-refractivity contribution >= 4 is 34.8 Å². The summed E-state index contributed by atoms with van der Waals surface area (Å²) in [6, 6.07) is 12.4. The predicted molar refractivity (Wildman–Crippen MR) is 133 cm³/mol. The number of nitro benzene ring substituents is 1. The second-order valence-electron chi connectivity index (χ2n) is 8.15. The van der Waals surface area contributed by atoms with Crippen molar-refractivity contribution in [1.29, 1.82) is 5.26 Å². The molecule has 1 aliphatic heterocycles. The van der Waals surface area contributed by atoms with Gasteiger partial charge in [0.15, 0.2) is 17.3 Å². The van der Waals surface area contributed by atoms with E-state index >= 15 is 0 Å². The summed E-state index contributed by atoms with van der Waals surface area (Å²) in [6.07, 6.45) is 1.69. The number of carbonyl (C=O) groups is 2. The summed E-state index contributed by atoms with van der Waals surface area (Å²) in [7, 11) is 1.42. The number of amides is 1. The lowest BCUT2D eigenvalue weighted by molar-refractivity contribution is -0.384. The van der Waals surface area contributed by atoms with Crippen molar-refractivity contribution in [3.63, 3.8) is 0 Å². The summed E-state index contributed by atoms with van der Waals surface area (Å²) in [5.41, 5.74) is 2.49. The highest BCUT2D eigenvalue weighted by molar-refractivity contribution is 8.03. The molecule has 0 bridgehead atoms. The van der Waals surface area contributed by atoms with E-state index in [0.29, 0.717) is 46.7 Å². The first-order chi connectivity index (χ1) is 17.3. The number of hydrogen-bond acceptors (Lipinski definition) is 9. The van der Waals surface area contributed by atoms with Gasteiger partial charge in [0.2, 0.25) is 5.91 Å². The van der Waals surface area contributed by atoms with E-state index in [0.717, 1.165) is 17.5 Å². The lowest BCUT2D eigenvalue weighted by Crippen LogP contribution is -2.31. The zero-order valence-corrected chi connectivity index (χ0v) is 20.1. The lowest BCUT2D eigenvalue weighted by atomic mass is 9.77. The highest BCUT2D eigenvalue weighted by Crippen LogP contribution is 2.45. The van der Waals surface area contributed by atoms with E-state index in [2.05, 4.69) is 16.7 Å². The second kappa shape index (κ2) is 10.5. The zero-order chi connectivity index (χ0) is 25.8. The van der Waals surface area contributed by atoms with E-state index in [1.807, 2.05) is 0 Å². The van der Waals surface area contributed by atoms with Crippen molar-refractivity contribution in [3.05, 3.63) is 80.0 Å². The van der Waals surface area contributed by atoms with E-state index in [9.17, 15) is 30.1 Å². The molecule has 2 aliphatic rings. The van der Waals surface area contributed by atoms with Crippen molar-refractivity contribution in [3.8, 4) is 17.6 Å². The maximum atomic E-state index is 12.9. The third-order valence-corrected chi connectivity index (χ3v) is 6.93. The zero-order valence-electron chi connectivity index (χ0n) is 19.2. The van der Waals surface area contributed by atoms with Crippen LogP contribution in [0.25, 0.3) is 0 Å². The van der Waals surface area contributed by atoms with Crippen LogP contribution in [0.5, 0.6) is 11.5 Å². The fourth-order valence-corrected chi connectivity index (χ4v) is 5.11. The van der Waals surface area contributed by atoms with E-state index in [4.69, 9.17) is 4.74 Å². The molecular weight excluding hydrogens is 484 g/mol. The number of ether oxygens (including phenoxy) is 1. The Morgan fingerprint density at radius 1 is 1.31 bits per heavy atom. The summed E-state index contributed by atoms with van der Waals surface area (Å²) < 4.78 is 5.23. The smallest absolute Gasteiger partial charge is 0.269 e. The molecule has 36 heavy (non-hydrogen) atoms. The number of hydrogen-bond donors (Lipinski definition) is 3. The van der Waals surface area contributed by atoms with E-state index in [-0.39, 0.29) is 34.6 Å². The number of ketones is 1. The molecule has 0 unspecified atom stereocenters. The number of phenols is 1. The Labute approximate surface area is 210 Å². The third kappa shape index (κ3) is 5.04. The number of dihydropyridines is 1. The van der Waals surface area contributed by atoms with Gasteiger partial charge in [-0.1, -0.05) is 17.8 Å². The molecule has 2 aromatic rings. The molecule has 3 N–H and O–H groups in total. The number of thioether (sulfide) groups is 1. The Balaban J connectivity index is 1.60. The topological polar surface area (TPSA) is 155 Å². The maximum Gasteiger partial charge on any atom is 0.269 e. The third-order valence-electron chi connectivity index (χ3n) is 5.91. The van der Waals surface area contributed by atoms with Crippen LogP contribution in [-0.4, -0.2) is 34.6 Å². The van der Waals surface area contributed by atoms with Crippen LogP contribution in [0.3, 0.4) is 0 Å². The van der Waals surface area contributed by atoms with Gasteiger partial charge in [0, 0.05) is 35.5 Å². The number of aromatic hydroxyl groups is 1. The molecule has 2 aromatic carbocycles. The number of nitro groups is 1. The normalized spacial score (nSPS) is 17.1. The number of rotatable bonds is 7. The number of anilines is 1. The average Bonchev–Trinajstić information content (AvgIpc) is 2.87. The number of non-ortho nitro benzene ring substituents is 1. The number of nitriles is 1. The minimum Gasteiger partial charge on any atom is -0.504 e. The molecule has 10 nitrogen and oxygen atoms in total. The van der Waals surface area contributed by atoms with Gasteiger partial charge in [-0.25, -0.2) is 0 Å². The van der Waals surface area contributed by atoms with Gasteiger partial charge in [-0.05, 0) is 42.7 Å². The minimum atomic E-state index is -0.659. The van der Waals surface area contributed by atoms with Gasteiger partial charge in [-0.3, -0.25) is 19.7 Å². The van der Waals surface area contributed by atoms with Crippen molar-refractivity contribution in [2.24, 2.45) is 0 Å². The molecule has 0 spiro atoms. The van der Waals surface area contributed by atoms with Gasteiger partial charge in [0.25, 0.3) is 5.69 Å². The summed E-state index contributed by atoms with van der Waals surface area (Å²) in [4.78, 5) is 35.8. The number of allylic oxidation sites excluding steroid dienone is 3. The quantitative estimate of drug-likeness (QED) is 0.372. The van der Waals surface area contributed by atoms with Gasteiger partial charge in [-0.15, -0.1) is 0 Å². The van der Waals surface area contributed by atoms with Crippen molar-refractivity contribution in [2.75, 3.05) is 18.2 Å². The molecule has 1 aliphatic carbocycles. The molecule has 0 fully saturated rings. The van der Waals surface area contributed by atoms with Crippen LogP contribution >= 0.6 is 11.8 Å². The van der Waals surface area contributed by atoms with Gasteiger partial charge in [0.1, 0.15) is 0 Å². The standard InChI is InChI=1S/C25H22N4O6S/c1-35-21-11-14(5-10-19(21)30)23-17(12-26)25(28-18-3-2-4-20(31)24(18)23)36-13-22(32)27-15-6-8-16(9-7-15)29(33)34/h5-11,23,28,30H,2-4,13H2,1H3,(H,27,32)/t23-/m1/s1. The van der Waals surface area contributed by atoms with Crippen LogP contribution in [0.2, 0.25) is 0 Å². The Hall–Kier alpha value is -4.30. The first kappa shape index (κ1) is 24.8. The van der Waals surface area contributed by atoms with Crippen molar-refractivity contribution in [2.45, 2.75) is 25.2 Å². The highest BCUT2D eigenvalue weighted by atomic mass is 32.2. The Kier molecular flexibility index (Phi) is 7.26. The molecule has 11 heteroatoms. The van der Waals surface area contributed by atoms with E-state index < -0.39 is 10.8 Å². The minimum absolute atomic E-state index is 0.0350. The lowest BCUT2D eigenvalue weighted by Gasteiger charge is -2.33. The van der Waals surface area contributed by atoms with Crippen molar-refractivity contribution < 1.29 is 24.4 Å². The summed E-state index contributed by atoms with van der Waals surface area (Å²) >= 11 is 1.13. The first-order valence-electron chi connectivity index (χ1n) is 11.0. The number of phenolic OH excluding ortho intramolecular Hbond substituents is 1. The molecule has 0 saturated heterocycles. The van der Waals surface area contributed by atoms with Crippen LogP contribution in [0.15, 0.2) is 64.3 Å². The largest absolute Gasteiger partial charge is 0.504 e. The fraction of sp³-hybridized carbons (Fsp3) is 0.240. The number of nitrogens with one attached hydrogen (secondary N) is 2. The Morgan fingerprint density at radius 3 is 2.72 bits per heavy atom. The predicted octanol–water partition coefficient (Wildman–Crippen LogP) is 4.11. The van der Waals surface area contributed by atoms with E-state index in [1.54, 1.807) is 12.1 Å². The van der Waals surface area contributed by atoms with Gasteiger partial charge >= 0.3 is 0 Å². The first-order valence-corrected chi connectivity index (χ1v) is 12.0. The van der Waals surface area contributed by atoms with E-state index in [1.165, 1.54) is 37.4 Å². The Morgan fingerprint density at radius 2 is 2.06 bits per heavy atom. The molecule has 0 radical (unpaired) electrons. The number of Topliss-reactive ketones (excluding diaryl/α,β-unsaturated/α-hetero) is 1. The molecule has 4 rings (SSSR count). The molecule has 184 valence electrons. The van der Waals surface area contributed by atoms with Crippen LogP contribution < -0.4 is 15.4 Å². The summed E-state index contributed by atoms with van der Waals surface area (Å²) in [5, 5.41) is 37.3. The molecule has 0 saturated carbocycles. The number of methoxy groups -OCH3 is 1. The van der Waals surface area contributed by atoms with Crippen LogP contribution in [-0.2, 0) is 9.59 Å².